The monoisotopic (exact) mass is 275 g/mol. The van der Waals surface area contributed by atoms with Crippen molar-refractivity contribution in [2.75, 3.05) is 11.9 Å². The Balaban J connectivity index is 0.00000133. The van der Waals surface area contributed by atoms with Crippen molar-refractivity contribution >= 4 is 18.1 Å². The largest absolute Gasteiger partial charge is 0.384 e. The molecule has 0 unspecified atom stereocenters. The highest BCUT2D eigenvalue weighted by Gasteiger charge is 2.12. The summed E-state index contributed by atoms with van der Waals surface area (Å²) in [6, 6.07) is 10.6. The summed E-state index contributed by atoms with van der Waals surface area (Å²) in [4.78, 5) is 4.12. The second kappa shape index (κ2) is 6.55. The molecule has 1 aliphatic rings. The van der Waals surface area contributed by atoms with Gasteiger partial charge in [-0.3, -0.25) is 4.98 Å². The number of hydrogen-bond donors (Lipinski definition) is 2. The van der Waals surface area contributed by atoms with Crippen molar-refractivity contribution in [3.63, 3.8) is 0 Å². The van der Waals surface area contributed by atoms with Crippen molar-refractivity contribution in [1.82, 2.24) is 10.3 Å². The Hall–Kier alpha value is -1.58. The Bertz CT molecular complexity index is 528. The van der Waals surface area contributed by atoms with Crippen molar-refractivity contribution in [2.45, 2.75) is 19.5 Å². The number of para-hydroxylation sites is 1. The van der Waals surface area contributed by atoms with E-state index >= 15 is 0 Å². The summed E-state index contributed by atoms with van der Waals surface area (Å²) in [5.41, 5.74) is 5.35. The third-order valence-electron chi connectivity index (χ3n) is 3.30. The number of benzene rings is 1. The van der Waals surface area contributed by atoms with E-state index in [0.717, 1.165) is 26.1 Å². The standard InChI is InChI=1S/C15H17N3.ClH/c1-4-13-6-8-18-15(13)14(5-1)11-17-10-12-3-2-7-16-9-12;/h1-5,7,9,17-18H,6,8,10-11H2;1H. The van der Waals surface area contributed by atoms with E-state index in [1.807, 2.05) is 12.3 Å². The predicted molar refractivity (Wildman–Crippen MR) is 80.7 cm³/mol. The highest BCUT2D eigenvalue weighted by atomic mass is 35.5. The number of halogens is 1. The van der Waals surface area contributed by atoms with Crippen molar-refractivity contribution in [3.8, 4) is 0 Å². The van der Waals surface area contributed by atoms with Gasteiger partial charge in [-0.1, -0.05) is 24.3 Å². The smallest absolute Gasteiger partial charge is 0.0419 e. The van der Waals surface area contributed by atoms with Crippen LogP contribution in [0.15, 0.2) is 42.7 Å². The van der Waals surface area contributed by atoms with E-state index in [9.17, 15) is 0 Å². The molecule has 100 valence electrons. The molecule has 0 radical (unpaired) electrons. The lowest BCUT2D eigenvalue weighted by Gasteiger charge is -2.10. The molecular formula is C15H18ClN3. The molecule has 0 amide bonds. The number of rotatable bonds is 4. The summed E-state index contributed by atoms with van der Waals surface area (Å²) in [5.74, 6) is 0. The number of nitrogens with zero attached hydrogens (tertiary/aromatic N) is 1. The Morgan fingerprint density at radius 1 is 1.16 bits per heavy atom. The van der Waals surface area contributed by atoms with Gasteiger partial charge in [0, 0.05) is 37.7 Å². The van der Waals surface area contributed by atoms with E-state index in [1.165, 1.54) is 22.4 Å². The van der Waals surface area contributed by atoms with Crippen LogP contribution < -0.4 is 10.6 Å². The molecule has 0 fully saturated rings. The van der Waals surface area contributed by atoms with Crippen LogP contribution in [0.4, 0.5) is 5.69 Å². The maximum atomic E-state index is 4.12. The van der Waals surface area contributed by atoms with Gasteiger partial charge in [-0.2, -0.15) is 0 Å². The molecule has 1 aromatic heterocycles. The molecule has 0 spiro atoms. The quantitative estimate of drug-likeness (QED) is 0.901. The van der Waals surface area contributed by atoms with Crippen LogP contribution in [0.25, 0.3) is 0 Å². The van der Waals surface area contributed by atoms with Crippen LogP contribution in [0, 0.1) is 0 Å². The van der Waals surface area contributed by atoms with E-state index in [-0.39, 0.29) is 12.4 Å². The van der Waals surface area contributed by atoms with E-state index in [0.29, 0.717) is 0 Å². The van der Waals surface area contributed by atoms with Crippen LogP contribution in [0.5, 0.6) is 0 Å². The molecule has 0 aliphatic carbocycles. The lowest BCUT2D eigenvalue weighted by molar-refractivity contribution is 0.692. The molecule has 3 rings (SSSR count). The molecule has 2 heterocycles. The number of anilines is 1. The van der Waals surface area contributed by atoms with Crippen LogP contribution in [0.1, 0.15) is 16.7 Å². The fraction of sp³-hybridized carbons (Fsp3) is 0.267. The van der Waals surface area contributed by atoms with Crippen LogP contribution in [0.3, 0.4) is 0 Å². The second-order valence-electron chi connectivity index (χ2n) is 4.59. The zero-order chi connectivity index (χ0) is 12.2. The van der Waals surface area contributed by atoms with Gasteiger partial charge in [0.1, 0.15) is 0 Å². The predicted octanol–water partition coefficient (Wildman–Crippen LogP) is 2.76. The third kappa shape index (κ3) is 3.25. The molecular weight excluding hydrogens is 258 g/mol. The van der Waals surface area contributed by atoms with Gasteiger partial charge in [0.25, 0.3) is 0 Å². The van der Waals surface area contributed by atoms with Gasteiger partial charge < -0.3 is 10.6 Å². The van der Waals surface area contributed by atoms with Gasteiger partial charge in [0.05, 0.1) is 0 Å². The SMILES string of the molecule is Cl.c1cncc(CNCc2cccc3c2NCC3)c1. The normalized spacial score (nSPS) is 12.4. The highest BCUT2D eigenvalue weighted by molar-refractivity contribution is 5.85. The first-order valence-corrected chi connectivity index (χ1v) is 6.38. The molecule has 2 aromatic rings. The number of fused-ring (bicyclic) bond motifs is 1. The molecule has 1 aromatic carbocycles. The van der Waals surface area contributed by atoms with Crippen molar-refractivity contribution < 1.29 is 0 Å². The summed E-state index contributed by atoms with van der Waals surface area (Å²) in [7, 11) is 0. The van der Waals surface area contributed by atoms with E-state index in [1.54, 1.807) is 6.20 Å². The molecule has 1 aliphatic heterocycles. The van der Waals surface area contributed by atoms with Crippen molar-refractivity contribution in [2.24, 2.45) is 0 Å². The number of aromatic nitrogens is 1. The van der Waals surface area contributed by atoms with Crippen molar-refractivity contribution in [3.05, 3.63) is 59.4 Å². The number of nitrogens with one attached hydrogen (secondary N) is 2. The van der Waals surface area contributed by atoms with Gasteiger partial charge in [-0.15, -0.1) is 12.4 Å². The van der Waals surface area contributed by atoms with Gasteiger partial charge in [0.2, 0.25) is 0 Å². The van der Waals surface area contributed by atoms with Crippen molar-refractivity contribution in [1.29, 1.82) is 0 Å². The number of hydrogen-bond acceptors (Lipinski definition) is 3. The molecule has 0 saturated heterocycles. The van der Waals surface area contributed by atoms with Gasteiger partial charge in [0.15, 0.2) is 0 Å². The first kappa shape index (κ1) is 13.8. The van der Waals surface area contributed by atoms with E-state index < -0.39 is 0 Å². The first-order chi connectivity index (χ1) is 8.93. The highest BCUT2D eigenvalue weighted by Crippen LogP contribution is 2.26. The van der Waals surface area contributed by atoms with Crippen LogP contribution in [0.2, 0.25) is 0 Å². The Labute approximate surface area is 119 Å². The van der Waals surface area contributed by atoms with Gasteiger partial charge in [-0.05, 0) is 29.2 Å². The molecule has 0 atom stereocenters. The molecule has 19 heavy (non-hydrogen) atoms. The van der Waals surface area contributed by atoms with E-state index in [4.69, 9.17) is 0 Å². The minimum absolute atomic E-state index is 0. The Kier molecular flexibility index (Phi) is 4.77. The zero-order valence-electron chi connectivity index (χ0n) is 10.7. The molecule has 0 bridgehead atoms. The molecule has 0 saturated carbocycles. The minimum atomic E-state index is 0. The summed E-state index contributed by atoms with van der Waals surface area (Å²) in [6.45, 7) is 2.82. The Morgan fingerprint density at radius 3 is 2.95 bits per heavy atom. The molecule has 4 heteroatoms. The number of pyridine rings is 1. The lowest BCUT2D eigenvalue weighted by atomic mass is 10.1. The fourth-order valence-electron chi connectivity index (χ4n) is 2.40. The maximum Gasteiger partial charge on any atom is 0.0419 e. The maximum absolute atomic E-state index is 4.12. The summed E-state index contributed by atoms with van der Waals surface area (Å²) in [6.07, 6.45) is 4.85. The van der Waals surface area contributed by atoms with Crippen LogP contribution in [-0.2, 0) is 19.5 Å². The lowest BCUT2D eigenvalue weighted by Crippen LogP contribution is -2.13. The summed E-state index contributed by atoms with van der Waals surface area (Å²) >= 11 is 0. The minimum Gasteiger partial charge on any atom is -0.384 e. The average molecular weight is 276 g/mol. The third-order valence-corrected chi connectivity index (χ3v) is 3.30. The van der Waals surface area contributed by atoms with Crippen LogP contribution in [-0.4, -0.2) is 11.5 Å². The molecule has 2 N–H and O–H groups in total. The van der Waals surface area contributed by atoms with E-state index in [2.05, 4.69) is 39.9 Å². The molecule has 3 nitrogen and oxygen atoms in total. The Morgan fingerprint density at radius 2 is 2.11 bits per heavy atom. The first-order valence-electron chi connectivity index (χ1n) is 6.38. The average Bonchev–Trinajstić information content (AvgIpc) is 2.89. The van der Waals surface area contributed by atoms with Crippen LogP contribution >= 0.6 is 12.4 Å². The topological polar surface area (TPSA) is 37.0 Å². The summed E-state index contributed by atoms with van der Waals surface area (Å²) < 4.78 is 0. The second-order valence-corrected chi connectivity index (χ2v) is 4.59. The van der Waals surface area contributed by atoms with Gasteiger partial charge in [-0.25, -0.2) is 0 Å². The fourth-order valence-corrected chi connectivity index (χ4v) is 2.40. The van der Waals surface area contributed by atoms with Gasteiger partial charge >= 0.3 is 0 Å². The summed E-state index contributed by atoms with van der Waals surface area (Å²) in [5, 5.41) is 6.93. The zero-order valence-corrected chi connectivity index (χ0v) is 11.5.